The van der Waals surface area contributed by atoms with Gasteiger partial charge >= 0.3 is 0 Å². The number of ether oxygens (including phenoxy) is 2. The van der Waals surface area contributed by atoms with Crippen molar-refractivity contribution in [1.82, 2.24) is 5.32 Å². The Labute approximate surface area is 230 Å². The fraction of sp³-hybridized carbons (Fsp3) is 0.310. The maximum Gasteiger partial charge on any atom is 0.253 e. The van der Waals surface area contributed by atoms with E-state index < -0.39 is 36.8 Å². The first-order chi connectivity index (χ1) is 18.5. The molecule has 4 rings (SSSR count). The van der Waals surface area contributed by atoms with Gasteiger partial charge in [0.25, 0.3) is 5.91 Å². The lowest BCUT2D eigenvalue weighted by Crippen LogP contribution is -2.54. The molecule has 0 saturated heterocycles. The largest absolute Gasteiger partial charge is 0.494 e. The molecule has 1 aliphatic heterocycles. The Balaban J connectivity index is 1.79. The summed E-state index contributed by atoms with van der Waals surface area (Å²) in [4.78, 5) is 18.9. The number of aliphatic imine (C=N–C) groups is 1. The SMILES string of the molecule is O=C(NC(CO)CO)[C@]1(Cc2ccccc2Br)N=C(c2ccc(OCCCO)cc2)O[C@@H]1c1ccccc1. The summed E-state index contributed by atoms with van der Waals surface area (Å²) in [6.07, 6.45) is -0.0367. The third-order valence-electron chi connectivity index (χ3n) is 6.33. The quantitative estimate of drug-likeness (QED) is 0.243. The Morgan fingerprint density at radius 3 is 2.34 bits per heavy atom. The molecular weight excluding hydrogens is 552 g/mol. The summed E-state index contributed by atoms with van der Waals surface area (Å²) in [6, 6.07) is 23.4. The Bertz CT molecular complexity index is 1230. The number of amides is 1. The zero-order chi connectivity index (χ0) is 27.0. The zero-order valence-electron chi connectivity index (χ0n) is 20.8. The highest BCUT2D eigenvalue weighted by molar-refractivity contribution is 9.10. The molecule has 2 atom stereocenters. The first-order valence-electron chi connectivity index (χ1n) is 12.4. The highest BCUT2D eigenvalue weighted by Crippen LogP contribution is 2.43. The molecule has 0 unspecified atom stereocenters. The van der Waals surface area contributed by atoms with E-state index in [0.717, 1.165) is 15.6 Å². The summed E-state index contributed by atoms with van der Waals surface area (Å²) in [5.41, 5.74) is 0.860. The van der Waals surface area contributed by atoms with Crippen LogP contribution in [-0.2, 0) is 16.0 Å². The van der Waals surface area contributed by atoms with Crippen LogP contribution in [0.2, 0.25) is 0 Å². The van der Waals surface area contributed by atoms with Crippen molar-refractivity contribution >= 4 is 27.7 Å². The molecule has 1 heterocycles. The molecule has 0 aliphatic carbocycles. The second-order valence-corrected chi connectivity index (χ2v) is 9.86. The van der Waals surface area contributed by atoms with Crippen molar-refractivity contribution in [2.24, 2.45) is 4.99 Å². The molecule has 4 N–H and O–H groups in total. The van der Waals surface area contributed by atoms with Crippen LogP contribution in [-0.4, -0.2) is 65.1 Å². The van der Waals surface area contributed by atoms with E-state index in [9.17, 15) is 15.0 Å². The van der Waals surface area contributed by atoms with Gasteiger partial charge in [0.1, 0.15) is 5.75 Å². The van der Waals surface area contributed by atoms with Crippen molar-refractivity contribution in [3.8, 4) is 5.75 Å². The molecule has 3 aromatic rings. The van der Waals surface area contributed by atoms with Gasteiger partial charge in [-0.15, -0.1) is 0 Å². The van der Waals surface area contributed by atoms with Crippen molar-refractivity contribution in [2.75, 3.05) is 26.4 Å². The van der Waals surface area contributed by atoms with Crippen LogP contribution < -0.4 is 10.1 Å². The predicted octanol–water partition coefficient (Wildman–Crippen LogP) is 3.18. The zero-order valence-corrected chi connectivity index (χ0v) is 22.4. The van der Waals surface area contributed by atoms with Gasteiger partial charge in [-0.1, -0.05) is 64.5 Å². The van der Waals surface area contributed by atoms with Crippen LogP contribution in [0.3, 0.4) is 0 Å². The molecule has 0 spiro atoms. The number of halogens is 1. The Morgan fingerprint density at radius 1 is 1.00 bits per heavy atom. The Kier molecular flexibility index (Phi) is 9.52. The lowest BCUT2D eigenvalue weighted by Gasteiger charge is -2.32. The van der Waals surface area contributed by atoms with Crippen LogP contribution in [0.1, 0.15) is 29.2 Å². The number of aliphatic hydroxyl groups excluding tert-OH is 3. The highest BCUT2D eigenvalue weighted by Gasteiger charge is 2.53. The molecule has 200 valence electrons. The lowest BCUT2D eigenvalue weighted by molar-refractivity contribution is -0.130. The average Bonchev–Trinajstić information content (AvgIpc) is 3.34. The minimum Gasteiger partial charge on any atom is -0.494 e. The number of carbonyl (C=O) groups is 1. The summed E-state index contributed by atoms with van der Waals surface area (Å²) >= 11 is 3.59. The van der Waals surface area contributed by atoms with E-state index >= 15 is 0 Å². The molecule has 0 bridgehead atoms. The van der Waals surface area contributed by atoms with E-state index in [1.807, 2.05) is 66.7 Å². The summed E-state index contributed by atoms with van der Waals surface area (Å²) in [7, 11) is 0. The van der Waals surface area contributed by atoms with Crippen molar-refractivity contribution < 1.29 is 29.6 Å². The number of hydrogen-bond donors (Lipinski definition) is 4. The monoisotopic (exact) mass is 582 g/mol. The van der Waals surface area contributed by atoms with Crippen molar-refractivity contribution in [2.45, 2.75) is 30.5 Å². The number of rotatable bonds is 12. The molecule has 0 radical (unpaired) electrons. The number of hydrogen-bond acceptors (Lipinski definition) is 7. The van der Waals surface area contributed by atoms with Gasteiger partial charge in [0.15, 0.2) is 11.6 Å². The summed E-state index contributed by atoms with van der Waals surface area (Å²) in [5.74, 6) is 0.480. The third kappa shape index (κ3) is 6.24. The second-order valence-electron chi connectivity index (χ2n) is 9.00. The maximum atomic E-state index is 14.0. The van der Waals surface area contributed by atoms with Crippen LogP contribution in [0, 0.1) is 0 Å². The van der Waals surface area contributed by atoms with E-state index in [1.165, 1.54) is 0 Å². The van der Waals surface area contributed by atoms with Gasteiger partial charge in [0.05, 0.1) is 25.9 Å². The summed E-state index contributed by atoms with van der Waals surface area (Å²) in [6.45, 7) is -0.384. The van der Waals surface area contributed by atoms with Crippen molar-refractivity contribution in [3.63, 3.8) is 0 Å². The highest BCUT2D eigenvalue weighted by atomic mass is 79.9. The van der Waals surface area contributed by atoms with E-state index in [-0.39, 0.29) is 13.0 Å². The van der Waals surface area contributed by atoms with Gasteiger partial charge in [0.2, 0.25) is 5.90 Å². The number of benzene rings is 3. The molecule has 0 fully saturated rings. The van der Waals surface area contributed by atoms with Gasteiger partial charge in [-0.05, 0) is 41.5 Å². The van der Waals surface area contributed by atoms with Crippen LogP contribution in [0.25, 0.3) is 0 Å². The fourth-order valence-electron chi connectivity index (χ4n) is 4.30. The molecule has 3 aromatic carbocycles. The van der Waals surface area contributed by atoms with E-state index in [2.05, 4.69) is 21.2 Å². The van der Waals surface area contributed by atoms with E-state index in [4.69, 9.17) is 19.6 Å². The molecule has 1 amide bonds. The average molecular weight is 583 g/mol. The normalized spacial score (nSPS) is 18.7. The smallest absolute Gasteiger partial charge is 0.253 e. The maximum absolute atomic E-state index is 14.0. The molecule has 0 saturated carbocycles. The first-order valence-corrected chi connectivity index (χ1v) is 13.2. The minimum absolute atomic E-state index is 0.0543. The third-order valence-corrected chi connectivity index (χ3v) is 7.10. The first kappa shape index (κ1) is 27.8. The van der Waals surface area contributed by atoms with Crippen LogP contribution >= 0.6 is 15.9 Å². The second kappa shape index (κ2) is 13.0. The number of nitrogens with zero attached hydrogens (tertiary/aromatic N) is 1. The van der Waals surface area contributed by atoms with E-state index in [0.29, 0.717) is 30.2 Å². The van der Waals surface area contributed by atoms with Gasteiger partial charge < -0.3 is 30.1 Å². The van der Waals surface area contributed by atoms with E-state index in [1.54, 1.807) is 12.1 Å². The van der Waals surface area contributed by atoms with Gasteiger partial charge in [-0.2, -0.15) is 0 Å². The van der Waals surface area contributed by atoms with Crippen LogP contribution in [0.5, 0.6) is 5.75 Å². The number of aliphatic hydroxyl groups is 3. The Hall–Kier alpha value is -3.24. The number of nitrogens with one attached hydrogen (secondary N) is 1. The topological polar surface area (TPSA) is 121 Å². The fourth-order valence-corrected chi connectivity index (χ4v) is 4.73. The molecule has 8 nitrogen and oxygen atoms in total. The van der Waals surface area contributed by atoms with Crippen molar-refractivity contribution in [1.29, 1.82) is 0 Å². The summed E-state index contributed by atoms with van der Waals surface area (Å²) < 4.78 is 12.9. The molecule has 1 aliphatic rings. The molecular formula is C29H31BrN2O6. The van der Waals surface area contributed by atoms with Crippen LogP contribution in [0.4, 0.5) is 0 Å². The van der Waals surface area contributed by atoms with Gasteiger partial charge in [-0.25, -0.2) is 4.99 Å². The molecule has 9 heteroatoms. The molecule has 38 heavy (non-hydrogen) atoms. The Morgan fingerprint density at radius 2 is 1.68 bits per heavy atom. The van der Waals surface area contributed by atoms with Gasteiger partial charge in [-0.3, -0.25) is 4.79 Å². The van der Waals surface area contributed by atoms with Crippen molar-refractivity contribution in [3.05, 3.63) is 100 Å². The predicted molar refractivity (Wildman–Crippen MR) is 147 cm³/mol. The standard InChI is InChI=1S/C29H31BrN2O6/c30-25-10-5-4-9-22(25)17-29(28(36)31-23(18-34)19-35)26(20-7-2-1-3-8-20)38-27(32-29)21-11-13-24(14-12-21)37-16-6-15-33/h1-5,7-14,23,26,33-35H,6,15-19H2,(H,31,36)/t26-,29-/m1/s1. The number of carbonyl (C=O) groups excluding carboxylic acids is 1. The summed E-state index contributed by atoms with van der Waals surface area (Å²) in [5, 5.41) is 31.1. The minimum atomic E-state index is -1.43. The van der Waals surface area contributed by atoms with Gasteiger partial charge in [0, 0.05) is 29.5 Å². The lowest BCUT2D eigenvalue weighted by atomic mass is 9.81. The van der Waals surface area contributed by atoms with Crippen LogP contribution in [0.15, 0.2) is 88.3 Å². The molecule has 0 aromatic heterocycles.